The van der Waals surface area contributed by atoms with Gasteiger partial charge in [0.05, 0.1) is 11.4 Å². The number of anilines is 2. The Hall–Kier alpha value is -3.00. The number of ketones is 1. The third-order valence-corrected chi connectivity index (χ3v) is 4.83. The van der Waals surface area contributed by atoms with E-state index >= 15 is 0 Å². The summed E-state index contributed by atoms with van der Waals surface area (Å²) in [7, 11) is 0. The zero-order chi connectivity index (χ0) is 20.1. The van der Waals surface area contributed by atoms with Crippen LogP contribution in [0.3, 0.4) is 0 Å². The Labute approximate surface area is 166 Å². The third kappa shape index (κ3) is 5.04. The SMILES string of the molecule is CC(=O)Nc1ccc(C(=O)CSc2ccc3c(c2)OCCO3)c(NC(C)=O)c1. The highest BCUT2D eigenvalue weighted by molar-refractivity contribution is 8.00. The molecule has 0 atom stereocenters. The first-order chi connectivity index (χ1) is 13.4. The molecule has 2 amide bonds. The van der Waals surface area contributed by atoms with E-state index in [4.69, 9.17) is 9.47 Å². The number of hydrogen-bond acceptors (Lipinski definition) is 6. The number of Topliss-reactive ketones (excluding diaryl/α,β-unsaturated/α-hetero) is 1. The molecule has 0 aromatic heterocycles. The van der Waals surface area contributed by atoms with Gasteiger partial charge < -0.3 is 20.1 Å². The van der Waals surface area contributed by atoms with Gasteiger partial charge in [0.2, 0.25) is 11.8 Å². The summed E-state index contributed by atoms with van der Waals surface area (Å²) in [6, 6.07) is 10.4. The summed E-state index contributed by atoms with van der Waals surface area (Å²) in [5.41, 5.74) is 1.26. The zero-order valence-electron chi connectivity index (χ0n) is 15.5. The Balaban J connectivity index is 1.74. The average molecular weight is 400 g/mol. The number of amides is 2. The normalized spacial score (nSPS) is 12.2. The second-order valence-corrected chi connectivity index (χ2v) is 7.19. The van der Waals surface area contributed by atoms with E-state index in [1.807, 2.05) is 18.2 Å². The fourth-order valence-electron chi connectivity index (χ4n) is 2.70. The summed E-state index contributed by atoms with van der Waals surface area (Å²) in [4.78, 5) is 36.3. The maximum Gasteiger partial charge on any atom is 0.221 e. The van der Waals surface area contributed by atoms with Crippen LogP contribution in [0.15, 0.2) is 41.3 Å². The number of benzene rings is 2. The highest BCUT2D eigenvalue weighted by Crippen LogP contribution is 2.34. The molecule has 0 spiro atoms. The van der Waals surface area contributed by atoms with Gasteiger partial charge in [0.15, 0.2) is 17.3 Å². The van der Waals surface area contributed by atoms with Gasteiger partial charge in [-0.15, -0.1) is 11.8 Å². The predicted octanol–water partition coefficient (Wildman–Crippen LogP) is 3.35. The highest BCUT2D eigenvalue weighted by atomic mass is 32.2. The standard InChI is InChI=1S/C20H20N2O5S/c1-12(23)21-14-3-5-16(17(9-14)22-13(2)24)18(25)11-28-15-4-6-19-20(10-15)27-8-7-26-19/h3-6,9-10H,7-8,11H2,1-2H3,(H,21,23)(H,22,24). The molecule has 0 bridgehead atoms. The first-order valence-electron chi connectivity index (χ1n) is 8.67. The molecule has 2 N–H and O–H groups in total. The van der Waals surface area contributed by atoms with E-state index in [1.165, 1.54) is 25.6 Å². The lowest BCUT2D eigenvalue weighted by Crippen LogP contribution is -2.15. The molecule has 1 aliphatic rings. The smallest absolute Gasteiger partial charge is 0.221 e. The van der Waals surface area contributed by atoms with E-state index in [2.05, 4.69) is 10.6 Å². The first-order valence-corrected chi connectivity index (χ1v) is 9.66. The lowest BCUT2D eigenvalue weighted by atomic mass is 10.1. The van der Waals surface area contributed by atoms with Gasteiger partial charge in [-0.05, 0) is 36.4 Å². The number of fused-ring (bicyclic) bond motifs is 1. The topological polar surface area (TPSA) is 93.7 Å². The number of rotatable bonds is 6. The second-order valence-electron chi connectivity index (χ2n) is 6.14. The minimum absolute atomic E-state index is 0.141. The van der Waals surface area contributed by atoms with Crippen molar-refractivity contribution in [3.05, 3.63) is 42.0 Å². The Kier molecular flexibility index (Phi) is 6.20. The molecular formula is C20H20N2O5S. The van der Waals surface area contributed by atoms with Crippen molar-refractivity contribution in [2.45, 2.75) is 18.7 Å². The molecule has 28 heavy (non-hydrogen) atoms. The molecule has 0 unspecified atom stereocenters. The fraction of sp³-hybridized carbons (Fsp3) is 0.250. The number of hydrogen-bond donors (Lipinski definition) is 2. The summed E-state index contributed by atoms with van der Waals surface area (Å²) in [6.07, 6.45) is 0. The molecule has 0 saturated carbocycles. The van der Waals surface area contributed by atoms with Gasteiger partial charge in [-0.2, -0.15) is 0 Å². The molecule has 0 aliphatic carbocycles. The van der Waals surface area contributed by atoms with Gasteiger partial charge in [-0.1, -0.05) is 0 Å². The van der Waals surface area contributed by atoms with E-state index in [0.29, 0.717) is 41.7 Å². The van der Waals surface area contributed by atoms with E-state index in [-0.39, 0.29) is 23.4 Å². The van der Waals surface area contributed by atoms with E-state index < -0.39 is 0 Å². The summed E-state index contributed by atoms with van der Waals surface area (Å²) in [5, 5.41) is 5.29. The molecule has 146 valence electrons. The summed E-state index contributed by atoms with van der Waals surface area (Å²) >= 11 is 1.37. The van der Waals surface area contributed by atoms with Crippen molar-refractivity contribution in [1.82, 2.24) is 0 Å². The van der Waals surface area contributed by atoms with Crippen LogP contribution in [0.5, 0.6) is 11.5 Å². The quantitative estimate of drug-likeness (QED) is 0.571. The van der Waals surface area contributed by atoms with E-state index in [1.54, 1.807) is 18.2 Å². The molecule has 1 aliphatic heterocycles. The molecule has 2 aromatic rings. The molecule has 8 heteroatoms. The number of thioether (sulfide) groups is 1. The van der Waals surface area contributed by atoms with Crippen LogP contribution in [0.25, 0.3) is 0 Å². The minimum Gasteiger partial charge on any atom is -0.486 e. The number of carbonyl (C=O) groups excluding carboxylic acids is 3. The van der Waals surface area contributed by atoms with Crippen LogP contribution in [0.4, 0.5) is 11.4 Å². The third-order valence-electron chi connectivity index (χ3n) is 3.83. The van der Waals surface area contributed by atoms with Crippen molar-refractivity contribution in [3.8, 4) is 11.5 Å². The van der Waals surface area contributed by atoms with Crippen molar-refractivity contribution >= 4 is 40.7 Å². The fourth-order valence-corrected chi connectivity index (χ4v) is 3.51. The second kappa shape index (κ2) is 8.79. The monoisotopic (exact) mass is 400 g/mol. The Bertz CT molecular complexity index is 929. The lowest BCUT2D eigenvalue weighted by Gasteiger charge is -2.18. The molecule has 7 nitrogen and oxygen atoms in total. The van der Waals surface area contributed by atoms with Crippen molar-refractivity contribution < 1.29 is 23.9 Å². The van der Waals surface area contributed by atoms with Crippen molar-refractivity contribution in [1.29, 1.82) is 0 Å². The van der Waals surface area contributed by atoms with Crippen LogP contribution in [0.1, 0.15) is 24.2 Å². The molecular weight excluding hydrogens is 380 g/mol. The molecule has 3 rings (SSSR count). The Morgan fingerprint density at radius 3 is 2.36 bits per heavy atom. The molecule has 0 fully saturated rings. The number of nitrogens with one attached hydrogen (secondary N) is 2. The van der Waals surface area contributed by atoms with Crippen molar-refractivity contribution in [2.75, 3.05) is 29.6 Å². The highest BCUT2D eigenvalue weighted by Gasteiger charge is 2.16. The molecule has 0 radical (unpaired) electrons. The summed E-state index contributed by atoms with van der Waals surface area (Å²) in [5.74, 6) is 0.880. The van der Waals surface area contributed by atoms with Crippen LogP contribution < -0.4 is 20.1 Å². The van der Waals surface area contributed by atoms with Crippen LogP contribution >= 0.6 is 11.8 Å². The number of ether oxygens (including phenoxy) is 2. The zero-order valence-corrected chi connectivity index (χ0v) is 16.4. The molecule has 2 aromatic carbocycles. The summed E-state index contributed by atoms with van der Waals surface area (Å²) in [6.45, 7) is 3.78. The largest absolute Gasteiger partial charge is 0.486 e. The maximum absolute atomic E-state index is 12.7. The lowest BCUT2D eigenvalue weighted by molar-refractivity contribution is -0.115. The summed E-state index contributed by atoms with van der Waals surface area (Å²) < 4.78 is 11.1. The first kappa shape index (κ1) is 19.8. The minimum atomic E-state index is -0.298. The van der Waals surface area contributed by atoms with Crippen LogP contribution in [-0.4, -0.2) is 36.6 Å². The Morgan fingerprint density at radius 2 is 1.64 bits per heavy atom. The van der Waals surface area contributed by atoms with Gasteiger partial charge >= 0.3 is 0 Å². The van der Waals surface area contributed by atoms with Crippen molar-refractivity contribution in [2.24, 2.45) is 0 Å². The van der Waals surface area contributed by atoms with Crippen LogP contribution in [0, 0.1) is 0 Å². The van der Waals surface area contributed by atoms with Crippen molar-refractivity contribution in [3.63, 3.8) is 0 Å². The maximum atomic E-state index is 12.7. The average Bonchev–Trinajstić information content (AvgIpc) is 2.65. The van der Waals surface area contributed by atoms with Gasteiger partial charge in [0.25, 0.3) is 0 Å². The predicted molar refractivity (Wildman–Crippen MR) is 108 cm³/mol. The molecule has 0 saturated heterocycles. The van der Waals surface area contributed by atoms with Gasteiger partial charge in [-0.3, -0.25) is 14.4 Å². The van der Waals surface area contributed by atoms with Gasteiger partial charge in [-0.25, -0.2) is 0 Å². The Morgan fingerprint density at radius 1 is 0.929 bits per heavy atom. The number of carbonyl (C=O) groups is 3. The van der Waals surface area contributed by atoms with Crippen LogP contribution in [-0.2, 0) is 9.59 Å². The van der Waals surface area contributed by atoms with Crippen LogP contribution in [0.2, 0.25) is 0 Å². The van der Waals surface area contributed by atoms with E-state index in [0.717, 1.165) is 4.90 Å². The van der Waals surface area contributed by atoms with Gasteiger partial charge in [0, 0.05) is 30.0 Å². The van der Waals surface area contributed by atoms with Gasteiger partial charge in [0.1, 0.15) is 13.2 Å². The molecule has 1 heterocycles. The van der Waals surface area contributed by atoms with E-state index in [9.17, 15) is 14.4 Å².